The first kappa shape index (κ1) is 17.0. The molecule has 1 amide bonds. The Hall–Kier alpha value is -3.10. The van der Waals surface area contributed by atoms with Crippen molar-refractivity contribution >= 4 is 43.6 Å². The molecule has 2 aromatic carbocycles. The van der Waals surface area contributed by atoms with Gasteiger partial charge in [-0.25, -0.2) is 4.98 Å². The molecule has 5 rings (SSSR count). The van der Waals surface area contributed by atoms with Gasteiger partial charge in [0.1, 0.15) is 18.8 Å². The Morgan fingerprint density at radius 1 is 1.21 bits per heavy atom. The zero-order chi connectivity index (χ0) is 19.1. The molecule has 0 radical (unpaired) electrons. The molecule has 4 aromatic rings. The van der Waals surface area contributed by atoms with E-state index in [1.54, 1.807) is 7.11 Å². The van der Waals surface area contributed by atoms with Crippen LogP contribution in [0.25, 0.3) is 21.2 Å². The largest absolute Gasteiger partial charge is 0.486 e. The van der Waals surface area contributed by atoms with Gasteiger partial charge in [0.25, 0.3) is 5.91 Å². The van der Waals surface area contributed by atoms with Crippen molar-refractivity contribution < 1.29 is 23.4 Å². The standard InChI is InChI=1S/C20H16N2O5S/c1-24-10-12-11-4-2-3-5-14(11)27-18(12)19(23)22-20-21-13-8-15-16(9-17(13)28-20)26-7-6-25-15/h2-5,8-9H,6-7,10H2,1H3,(H,21,22,23). The van der Waals surface area contributed by atoms with Crippen molar-refractivity contribution in [3.05, 3.63) is 47.7 Å². The highest BCUT2D eigenvalue weighted by Gasteiger charge is 2.22. The number of nitrogens with zero attached hydrogens (tertiary/aromatic N) is 1. The molecule has 0 aliphatic carbocycles. The van der Waals surface area contributed by atoms with Crippen LogP contribution in [0.4, 0.5) is 5.13 Å². The number of ether oxygens (including phenoxy) is 3. The predicted molar refractivity (Wildman–Crippen MR) is 105 cm³/mol. The second-order valence-corrected chi connectivity index (χ2v) is 7.31. The van der Waals surface area contributed by atoms with Gasteiger partial charge < -0.3 is 18.6 Å². The van der Waals surface area contributed by atoms with Gasteiger partial charge in [0, 0.05) is 30.2 Å². The number of aromatic nitrogens is 1. The number of nitrogens with one attached hydrogen (secondary N) is 1. The van der Waals surface area contributed by atoms with Gasteiger partial charge in [-0.3, -0.25) is 10.1 Å². The number of thiazole rings is 1. The maximum atomic E-state index is 12.9. The third-order valence-electron chi connectivity index (χ3n) is 4.47. The van der Waals surface area contributed by atoms with E-state index < -0.39 is 0 Å². The van der Waals surface area contributed by atoms with Crippen LogP contribution in [0.3, 0.4) is 0 Å². The zero-order valence-electron chi connectivity index (χ0n) is 15.0. The third-order valence-corrected chi connectivity index (χ3v) is 5.40. The molecule has 7 nitrogen and oxygen atoms in total. The molecule has 1 aliphatic heterocycles. The molecule has 142 valence electrons. The van der Waals surface area contributed by atoms with Crippen LogP contribution in [0.5, 0.6) is 11.5 Å². The van der Waals surface area contributed by atoms with Crippen molar-refractivity contribution in [3.8, 4) is 11.5 Å². The number of hydrogen-bond donors (Lipinski definition) is 1. The van der Waals surface area contributed by atoms with E-state index in [0.29, 0.717) is 41.0 Å². The SMILES string of the molecule is COCc1c(C(=O)Nc2nc3cc4c(cc3s2)OCCO4)oc2ccccc12. The van der Waals surface area contributed by atoms with E-state index in [0.717, 1.165) is 15.6 Å². The molecule has 0 bridgehead atoms. The van der Waals surface area contributed by atoms with Crippen molar-refractivity contribution in [1.82, 2.24) is 4.98 Å². The van der Waals surface area contributed by atoms with E-state index in [4.69, 9.17) is 18.6 Å². The number of rotatable bonds is 4. The predicted octanol–water partition coefficient (Wildman–Crippen LogP) is 4.21. The van der Waals surface area contributed by atoms with Gasteiger partial charge in [-0.15, -0.1) is 0 Å². The minimum absolute atomic E-state index is 0.230. The van der Waals surface area contributed by atoms with Crippen LogP contribution in [0, 0.1) is 0 Å². The molecule has 0 saturated carbocycles. The highest BCUT2D eigenvalue weighted by molar-refractivity contribution is 7.22. The van der Waals surface area contributed by atoms with E-state index in [1.807, 2.05) is 36.4 Å². The fraction of sp³-hybridized carbons (Fsp3) is 0.200. The average molecular weight is 396 g/mol. The summed E-state index contributed by atoms with van der Waals surface area (Å²) in [5.74, 6) is 1.23. The molecular formula is C20H16N2O5S. The molecule has 0 saturated heterocycles. The van der Waals surface area contributed by atoms with Crippen LogP contribution in [0.15, 0.2) is 40.8 Å². The third kappa shape index (κ3) is 2.87. The van der Waals surface area contributed by atoms with Crippen LogP contribution in [-0.2, 0) is 11.3 Å². The van der Waals surface area contributed by atoms with Gasteiger partial charge in [0.05, 0.1) is 16.8 Å². The number of furan rings is 1. The van der Waals surface area contributed by atoms with E-state index in [-0.39, 0.29) is 18.3 Å². The van der Waals surface area contributed by atoms with Crippen molar-refractivity contribution in [1.29, 1.82) is 0 Å². The van der Waals surface area contributed by atoms with E-state index >= 15 is 0 Å². The second kappa shape index (κ2) is 6.81. The van der Waals surface area contributed by atoms with Gasteiger partial charge in [-0.2, -0.15) is 0 Å². The highest BCUT2D eigenvalue weighted by atomic mass is 32.1. The first-order valence-electron chi connectivity index (χ1n) is 8.74. The topological polar surface area (TPSA) is 82.8 Å². The van der Waals surface area contributed by atoms with Gasteiger partial charge in [0.15, 0.2) is 22.4 Å². The number of hydrogen-bond acceptors (Lipinski definition) is 7. The maximum absolute atomic E-state index is 12.9. The minimum atomic E-state index is -0.362. The second-order valence-electron chi connectivity index (χ2n) is 6.28. The zero-order valence-corrected chi connectivity index (χ0v) is 15.8. The van der Waals surface area contributed by atoms with Crippen molar-refractivity contribution in [2.75, 3.05) is 25.6 Å². The molecule has 0 unspecified atom stereocenters. The number of benzene rings is 2. The quantitative estimate of drug-likeness (QED) is 0.556. The molecule has 2 aromatic heterocycles. The van der Waals surface area contributed by atoms with E-state index in [2.05, 4.69) is 10.3 Å². The van der Waals surface area contributed by atoms with Gasteiger partial charge in [-0.1, -0.05) is 29.5 Å². The summed E-state index contributed by atoms with van der Waals surface area (Å²) in [7, 11) is 1.59. The first-order chi connectivity index (χ1) is 13.7. The molecule has 0 atom stereocenters. The van der Waals surface area contributed by atoms with Crippen LogP contribution >= 0.6 is 11.3 Å². The van der Waals surface area contributed by atoms with Crippen LogP contribution < -0.4 is 14.8 Å². The first-order valence-corrected chi connectivity index (χ1v) is 9.55. The molecule has 1 N–H and O–H groups in total. The van der Waals surface area contributed by atoms with Crippen LogP contribution in [0.1, 0.15) is 16.1 Å². The lowest BCUT2D eigenvalue weighted by Crippen LogP contribution is -2.15. The average Bonchev–Trinajstić information content (AvgIpc) is 3.27. The highest BCUT2D eigenvalue weighted by Crippen LogP contribution is 2.38. The Bertz CT molecular complexity index is 1150. The normalized spacial score (nSPS) is 13.2. The smallest absolute Gasteiger partial charge is 0.293 e. The number of para-hydroxylation sites is 1. The van der Waals surface area contributed by atoms with E-state index in [1.165, 1.54) is 11.3 Å². The molecular weight excluding hydrogens is 380 g/mol. The lowest BCUT2D eigenvalue weighted by molar-refractivity contribution is 0.0992. The molecule has 0 spiro atoms. The van der Waals surface area contributed by atoms with Crippen LogP contribution in [-0.4, -0.2) is 31.2 Å². The van der Waals surface area contributed by atoms with Crippen molar-refractivity contribution in [2.45, 2.75) is 6.61 Å². The van der Waals surface area contributed by atoms with Gasteiger partial charge in [-0.05, 0) is 6.07 Å². The summed E-state index contributed by atoms with van der Waals surface area (Å²) in [5, 5.41) is 4.18. The lowest BCUT2D eigenvalue weighted by atomic mass is 10.1. The number of amides is 1. The monoisotopic (exact) mass is 396 g/mol. The van der Waals surface area contributed by atoms with Crippen molar-refractivity contribution in [3.63, 3.8) is 0 Å². The summed E-state index contributed by atoms with van der Waals surface area (Å²) in [6.45, 7) is 1.32. The number of methoxy groups -OCH3 is 1. The number of carbonyl (C=O) groups is 1. The number of fused-ring (bicyclic) bond motifs is 3. The van der Waals surface area contributed by atoms with Crippen LogP contribution in [0.2, 0.25) is 0 Å². The Balaban J connectivity index is 1.48. The Morgan fingerprint density at radius 3 is 2.82 bits per heavy atom. The molecule has 0 fully saturated rings. The fourth-order valence-electron chi connectivity index (χ4n) is 3.24. The Morgan fingerprint density at radius 2 is 2.00 bits per heavy atom. The van der Waals surface area contributed by atoms with Gasteiger partial charge in [0.2, 0.25) is 0 Å². The summed E-state index contributed by atoms with van der Waals surface area (Å²) < 4.78 is 23.1. The summed E-state index contributed by atoms with van der Waals surface area (Å²) >= 11 is 1.37. The molecule has 28 heavy (non-hydrogen) atoms. The van der Waals surface area contributed by atoms with E-state index in [9.17, 15) is 4.79 Å². The summed E-state index contributed by atoms with van der Waals surface area (Å²) in [5.41, 5.74) is 2.10. The van der Waals surface area contributed by atoms with Crippen molar-refractivity contribution in [2.24, 2.45) is 0 Å². The van der Waals surface area contributed by atoms with Gasteiger partial charge >= 0.3 is 0 Å². The minimum Gasteiger partial charge on any atom is -0.486 e. The summed E-state index contributed by atoms with van der Waals surface area (Å²) in [4.78, 5) is 17.4. The fourth-order valence-corrected chi connectivity index (χ4v) is 4.11. The maximum Gasteiger partial charge on any atom is 0.293 e. The molecule has 8 heteroatoms. The molecule has 1 aliphatic rings. The lowest BCUT2D eigenvalue weighted by Gasteiger charge is -2.17. The summed E-state index contributed by atoms with van der Waals surface area (Å²) in [6, 6.07) is 11.2. The number of anilines is 1. The summed E-state index contributed by atoms with van der Waals surface area (Å²) in [6.07, 6.45) is 0. The Kier molecular flexibility index (Phi) is 4.14. The Labute approximate surface area is 163 Å². The molecule has 3 heterocycles. The number of carbonyl (C=O) groups excluding carboxylic acids is 1.